The lowest BCUT2D eigenvalue weighted by Crippen LogP contribution is -2.37. The number of hydrogen-bond donors (Lipinski definition) is 2. The van der Waals surface area contributed by atoms with Gasteiger partial charge in [0.25, 0.3) is 0 Å². The average molecular weight is 273 g/mol. The lowest BCUT2D eigenvalue weighted by atomic mass is 10.1. The third-order valence-electron chi connectivity index (χ3n) is 3.41. The van der Waals surface area contributed by atoms with Crippen molar-refractivity contribution in [2.45, 2.75) is 35.6 Å². The van der Waals surface area contributed by atoms with E-state index in [9.17, 15) is 17.9 Å². The van der Waals surface area contributed by atoms with Crippen LogP contribution >= 0.6 is 0 Å². The maximum absolute atomic E-state index is 12.8. The molecule has 0 bridgehead atoms. The maximum Gasteiger partial charge on any atom is 0.194 e. The van der Waals surface area contributed by atoms with Gasteiger partial charge in [0.05, 0.1) is 11.0 Å². The minimum Gasteiger partial charge on any atom is -0.393 e. The van der Waals surface area contributed by atoms with Gasteiger partial charge in [-0.3, -0.25) is 0 Å². The smallest absolute Gasteiger partial charge is 0.194 e. The summed E-state index contributed by atoms with van der Waals surface area (Å²) in [5, 5.41) is 8.38. The summed E-state index contributed by atoms with van der Waals surface area (Å²) in [4.78, 5) is 0.0257. The molecule has 0 saturated heterocycles. The zero-order valence-electron chi connectivity index (χ0n) is 9.79. The van der Waals surface area contributed by atoms with E-state index in [-0.39, 0.29) is 10.8 Å². The average Bonchev–Trinajstić information content (AvgIpc) is 2.75. The van der Waals surface area contributed by atoms with Crippen molar-refractivity contribution in [1.82, 2.24) is 0 Å². The normalized spacial score (nSPS) is 26.2. The standard InChI is InChI=1S/C12H16FNO3S/c13-9-2-5-11(6-3-9)18(16,17)12(14)8-1-4-10(15)7-8/h2-3,5-6,8,10,12,15H,1,4,7,14H2. The molecular formula is C12H16FNO3S. The molecule has 0 heterocycles. The highest BCUT2D eigenvalue weighted by Crippen LogP contribution is 2.31. The number of nitrogens with two attached hydrogens (primary N) is 1. The van der Waals surface area contributed by atoms with Gasteiger partial charge in [0.1, 0.15) is 11.2 Å². The second-order valence-corrected chi connectivity index (χ2v) is 6.80. The van der Waals surface area contributed by atoms with E-state index in [0.717, 1.165) is 12.1 Å². The quantitative estimate of drug-likeness (QED) is 0.807. The number of rotatable bonds is 3. The molecule has 3 unspecified atom stereocenters. The Hall–Kier alpha value is -0.980. The zero-order chi connectivity index (χ0) is 13.3. The Morgan fingerprint density at radius 3 is 2.39 bits per heavy atom. The summed E-state index contributed by atoms with van der Waals surface area (Å²) in [6.45, 7) is 0. The highest BCUT2D eigenvalue weighted by molar-refractivity contribution is 7.92. The molecule has 1 aliphatic carbocycles. The molecule has 6 heteroatoms. The fraction of sp³-hybridized carbons (Fsp3) is 0.500. The molecule has 1 saturated carbocycles. The van der Waals surface area contributed by atoms with Crippen LogP contribution in [-0.4, -0.2) is 25.0 Å². The van der Waals surface area contributed by atoms with Crippen molar-refractivity contribution in [3.05, 3.63) is 30.1 Å². The van der Waals surface area contributed by atoms with E-state index in [0.29, 0.717) is 19.3 Å². The number of aliphatic hydroxyl groups excluding tert-OH is 1. The third kappa shape index (κ3) is 2.55. The van der Waals surface area contributed by atoms with Crippen molar-refractivity contribution in [2.24, 2.45) is 11.7 Å². The monoisotopic (exact) mass is 273 g/mol. The number of benzene rings is 1. The Labute approximate surface area is 106 Å². The van der Waals surface area contributed by atoms with E-state index in [1.54, 1.807) is 0 Å². The van der Waals surface area contributed by atoms with E-state index in [1.807, 2.05) is 0 Å². The van der Waals surface area contributed by atoms with Gasteiger partial charge in [-0.2, -0.15) is 0 Å². The molecule has 4 nitrogen and oxygen atoms in total. The SMILES string of the molecule is NC(C1CCC(O)C1)S(=O)(=O)c1ccc(F)cc1. The molecule has 0 spiro atoms. The molecule has 2 rings (SSSR count). The van der Waals surface area contributed by atoms with Crippen LogP contribution in [0, 0.1) is 11.7 Å². The lowest BCUT2D eigenvalue weighted by Gasteiger charge is -2.19. The molecule has 100 valence electrons. The summed E-state index contributed by atoms with van der Waals surface area (Å²) in [5.74, 6) is -0.728. The van der Waals surface area contributed by atoms with E-state index in [2.05, 4.69) is 0 Å². The zero-order valence-corrected chi connectivity index (χ0v) is 10.6. The Bertz CT molecular complexity index is 515. The van der Waals surface area contributed by atoms with Crippen LogP contribution in [0.1, 0.15) is 19.3 Å². The van der Waals surface area contributed by atoms with Crippen LogP contribution in [0.4, 0.5) is 4.39 Å². The van der Waals surface area contributed by atoms with Crippen molar-refractivity contribution in [3.8, 4) is 0 Å². The van der Waals surface area contributed by atoms with Crippen LogP contribution in [0.5, 0.6) is 0 Å². The summed E-state index contributed by atoms with van der Waals surface area (Å²) < 4.78 is 37.2. The van der Waals surface area contributed by atoms with Gasteiger partial charge < -0.3 is 10.8 Å². The fourth-order valence-electron chi connectivity index (χ4n) is 2.32. The van der Waals surface area contributed by atoms with Gasteiger partial charge in [-0.15, -0.1) is 0 Å². The van der Waals surface area contributed by atoms with Crippen molar-refractivity contribution >= 4 is 9.84 Å². The minimum absolute atomic E-state index is 0.0257. The van der Waals surface area contributed by atoms with Crippen molar-refractivity contribution in [2.75, 3.05) is 0 Å². The van der Waals surface area contributed by atoms with Gasteiger partial charge in [-0.25, -0.2) is 12.8 Å². The first-order chi connectivity index (χ1) is 8.41. The summed E-state index contributed by atoms with van der Waals surface area (Å²) >= 11 is 0. The first-order valence-corrected chi connectivity index (χ1v) is 7.39. The number of halogens is 1. The van der Waals surface area contributed by atoms with Crippen LogP contribution < -0.4 is 5.73 Å². The molecule has 0 radical (unpaired) electrons. The van der Waals surface area contributed by atoms with Gasteiger partial charge in [-0.05, 0) is 49.4 Å². The second-order valence-electron chi connectivity index (χ2n) is 4.69. The Kier molecular flexibility index (Phi) is 3.70. The van der Waals surface area contributed by atoms with Gasteiger partial charge in [0.15, 0.2) is 9.84 Å². The first-order valence-electron chi connectivity index (χ1n) is 5.84. The summed E-state index contributed by atoms with van der Waals surface area (Å²) in [6.07, 6.45) is 1.12. The molecule has 1 fully saturated rings. The van der Waals surface area contributed by atoms with Crippen LogP contribution in [0.2, 0.25) is 0 Å². The molecular weight excluding hydrogens is 257 g/mol. The lowest BCUT2D eigenvalue weighted by molar-refractivity contribution is 0.177. The molecule has 3 atom stereocenters. The van der Waals surface area contributed by atoms with Gasteiger partial charge in [-0.1, -0.05) is 0 Å². The van der Waals surface area contributed by atoms with E-state index < -0.39 is 27.1 Å². The maximum atomic E-state index is 12.8. The molecule has 1 aromatic rings. The predicted octanol–water partition coefficient (Wildman–Crippen LogP) is 1.05. The Morgan fingerprint density at radius 2 is 1.89 bits per heavy atom. The van der Waals surface area contributed by atoms with Crippen molar-refractivity contribution < 1.29 is 17.9 Å². The molecule has 1 aliphatic rings. The summed E-state index contributed by atoms with van der Waals surface area (Å²) in [5.41, 5.74) is 5.80. The minimum atomic E-state index is -3.66. The van der Waals surface area contributed by atoms with Gasteiger partial charge in [0.2, 0.25) is 0 Å². The Balaban J connectivity index is 2.23. The number of hydrogen-bond acceptors (Lipinski definition) is 4. The van der Waals surface area contributed by atoms with Crippen LogP contribution in [0.15, 0.2) is 29.2 Å². The van der Waals surface area contributed by atoms with E-state index in [4.69, 9.17) is 5.73 Å². The van der Waals surface area contributed by atoms with Gasteiger partial charge >= 0.3 is 0 Å². The molecule has 3 N–H and O–H groups in total. The Morgan fingerprint density at radius 1 is 1.28 bits per heavy atom. The topological polar surface area (TPSA) is 80.4 Å². The van der Waals surface area contributed by atoms with E-state index >= 15 is 0 Å². The second kappa shape index (κ2) is 4.95. The van der Waals surface area contributed by atoms with Crippen LogP contribution in [0.25, 0.3) is 0 Å². The first kappa shape index (κ1) is 13.5. The van der Waals surface area contributed by atoms with Crippen LogP contribution in [0.3, 0.4) is 0 Å². The summed E-state index contributed by atoms with van der Waals surface area (Å²) in [6, 6.07) is 4.64. The molecule has 0 aromatic heterocycles. The third-order valence-corrected chi connectivity index (χ3v) is 5.44. The molecule has 1 aromatic carbocycles. The predicted molar refractivity (Wildman–Crippen MR) is 64.9 cm³/mol. The number of sulfone groups is 1. The molecule has 18 heavy (non-hydrogen) atoms. The van der Waals surface area contributed by atoms with E-state index in [1.165, 1.54) is 12.1 Å². The highest BCUT2D eigenvalue weighted by Gasteiger charge is 2.36. The molecule has 0 amide bonds. The molecule has 0 aliphatic heterocycles. The van der Waals surface area contributed by atoms with Crippen molar-refractivity contribution in [1.29, 1.82) is 0 Å². The number of aliphatic hydroxyl groups is 1. The largest absolute Gasteiger partial charge is 0.393 e. The highest BCUT2D eigenvalue weighted by atomic mass is 32.2. The van der Waals surface area contributed by atoms with Gasteiger partial charge in [0, 0.05) is 0 Å². The summed E-state index contributed by atoms with van der Waals surface area (Å²) in [7, 11) is -3.66. The fourth-order valence-corrected chi connectivity index (χ4v) is 3.91. The van der Waals surface area contributed by atoms with Crippen molar-refractivity contribution in [3.63, 3.8) is 0 Å². The van der Waals surface area contributed by atoms with Crippen LogP contribution in [-0.2, 0) is 9.84 Å².